The molecule has 19 heavy (non-hydrogen) atoms. The average molecular weight is 283 g/mol. The lowest BCUT2D eigenvalue weighted by atomic mass is 9.83. The van der Waals surface area contributed by atoms with Crippen LogP contribution in [0.15, 0.2) is 23.1 Å². The average Bonchev–Trinajstić information content (AvgIpc) is 2.26. The van der Waals surface area contributed by atoms with Crippen LogP contribution in [-0.4, -0.2) is 25.5 Å². The largest absolute Gasteiger partial charge is 0.478 e. The number of hydrogen-bond acceptors (Lipinski definition) is 3. The second-order valence-corrected chi connectivity index (χ2v) is 6.81. The van der Waals surface area contributed by atoms with Gasteiger partial charge in [-0.3, -0.25) is 0 Å². The topological polar surface area (TPSA) is 83.5 Å². The van der Waals surface area contributed by atoms with Crippen molar-refractivity contribution in [2.24, 2.45) is 5.92 Å². The quantitative estimate of drug-likeness (QED) is 0.882. The van der Waals surface area contributed by atoms with Crippen LogP contribution in [0.1, 0.15) is 35.7 Å². The van der Waals surface area contributed by atoms with Crippen LogP contribution < -0.4 is 4.72 Å². The monoisotopic (exact) mass is 283 g/mol. The van der Waals surface area contributed by atoms with E-state index in [-0.39, 0.29) is 22.1 Å². The van der Waals surface area contributed by atoms with Crippen LogP contribution in [0.3, 0.4) is 0 Å². The molecule has 0 saturated heterocycles. The summed E-state index contributed by atoms with van der Waals surface area (Å²) in [4.78, 5) is 11.1. The molecular formula is C13H17NO4S. The SMILES string of the molecule is Cc1c(C(=O)O)cccc1S(=O)(=O)NC1CC(C)C1. The third-order valence-electron chi connectivity index (χ3n) is 3.50. The zero-order valence-electron chi connectivity index (χ0n) is 10.9. The van der Waals surface area contributed by atoms with Crippen LogP contribution in [-0.2, 0) is 10.0 Å². The minimum atomic E-state index is -3.64. The summed E-state index contributed by atoms with van der Waals surface area (Å²) in [5.41, 5.74) is 0.291. The number of nitrogens with one attached hydrogen (secondary N) is 1. The van der Waals surface area contributed by atoms with Crippen molar-refractivity contribution in [3.63, 3.8) is 0 Å². The molecule has 0 radical (unpaired) electrons. The summed E-state index contributed by atoms with van der Waals surface area (Å²) in [5, 5.41) is 9.01. The summed E-state index contributed by atoms with van der Waals surface area (Å²) >= 11 is 0. The molecule has 1 aliphatic rings. The van der Waals surface area contributed by atoms with Gasteiger partial charge in [0.25, 0.3) is 0 Å². The molecule has 1 aromatic rings. The van der Waals surface area contributed by atoms with E-state index in [0.29, 0.717) is 5.92 Å². The number of carboxylic acid groups (broad SMARTS) is 1. The molecule has 0 aliphatic heterocycles. The Morgan fingerprint density at radius 2 is 2.00 bits per heavy atom. The Labute approximate surface area is 112 Å². The molecule has 5 nitrogen and oxygen atoms in total. The molecule has 0 heterocycles. The van der Waals surface area contributed by atoms with E-state index in [4.69, 9.17) is 5.11 Å². The van der Waals surface area contributed by atoms with E-state index in [1.807, 2.05) is 0 Å². The molecule has 0 unspecified atom stereocenters. The molecule has 0 aromatic heterocycles. The van der Waals surface area contributed by atoms with Gasteiger partial charge in [0.05, 0.1) is 10.5 Å². The van der Waals surface area contributed by atoms with Gasteiger partial charge in [0, 0.05) is 6.04 Å². The molecule has 2 N–H and O–H groups in total. The second kappa shape index (κ2) is 4.94. The Morgan fingerprint density at radius 1 is 1.37 bits per heavy atom. The highest BCUT2D eigenvalue weighted by molar-refractivity contribution is 7.89. The number of sulfonamides is 1. The van der Waals surface area contributed by atoms with Gasteiger partial charge < -0.3 is 5.11 Å². The van der Waals surface area contributed by atoms with Crippen molar-refractivity contribution < 1.29 is 18.3 Å². The van der Waals surface area contributed by atoms with Crippen molar-refractivity contribution in [1.82, 2.24) is 4.72 Å². The van der Waals surface area contributed by atoms with Crippen molar-refractivity contribution in [3.05, 3.63) is 29.3 Å². The number of carboxylic acids is 1. The van der Waals surface area contributed by atoms with Crippen LogP contribution in [0.5, 0.6) is 0 Å². The zero-order valence-corrected chi connectivity index (χ0v) is 11.7. The zero-order chi connectivity index (χ0) is 14.2. The van der Waals surface area contributed by atoms with E-state index in [1.165, 1.54) is 25.1 Å². The summed E-state index contributed by atoms with van der Waals surface area (Å²) in [5.74, 6) is -0.578. The molecule has 1 saturated carbocycles. The summed E-state index contributed by atoms with van der Waals surface area (Å²) in [6.45, 7) is 3.59. The van der Waals surface area contributed by atoms with Crippen molar-refractivity contribution in [2.75, 3.05) is 0 Å². The van der Waals surface area contributed by atoms with Gasteiger partial charge in [0.2, 0.25) is 10.0 Å². The first-order chi connectivity index (χ1) is 8.81. The van der Waals surface area contributed by atoms with E-state index in [2.05, 4.69) is 11.6 Å². The Hall–Kier alpha value is -1.40. The highest BCUT2D eigenvalue weighted by Gasteiger charge is 2.30. The summed E-state index contributed by atoms with van der Waals surface area (Å²) in [7, 11) is -3.64. The van der Waals surface area contributed by atoms with E-state index in [1.54, 1.807) is 0 Å². The lowest BCUT2D eigenvalue weighted by molar-refractivity contribution is 0.0696. The first-order valence-electron chi connectivity index (χ1n) is 6.16. The van der Waals surface area contributed by atoms with E-state index < -0.39 is 16.0 Å². The first kappa shape index (κ1) is 14.0. The summed E-state index contributed by atoms with van der Waals surface area (Å²) < 4.78 is 27.1. The Morgan fingerprint density at radius 3 is 2.53 bits per heavy atom. The number of aromatic carboxylic acids is 1. The fraction of sp³-hybridized carbons (Fsp3) is 0.462. The molecule has 0 spiro atoms. The van der Waals surface area contributed by atoms with Gasteiger partial charge in [-0.2, -0.15) is 0 Å². The maximum atomic E-state index is 12.2. The second-order valence-electron chi connectivity index (χ2n) is 5.13. The highest BCUT2D eigenvalue weighted by Crippen LogP contribution is 2.28. The van der Waals surface area contributed by atoms with Gasteiger partial charge in [0.15, 0.2) is 0 Å². The van der Waals surface area contributed by atoms with Crippen molar-refractivity contribution >= 4 is 16.0 Å². The van der Waals surface area contributed by atoms with Gasteiger partial charge in [-0.15, -0.1) is 0 Å². The lowest BCUT2D eigenvalue weighted by Crippen LogP contribution is -2.43. The summed E-state index contributed by atoms with van der Waals surface area (Å²) in [6, 6.07) is 4.26. The first-order valence-corrected chi connectivity index (χ1v) is 7.65. The Balaban J connectivity index is 2.30. The number of carbonyl (C=O) groups is 1. The maximum Gasteiger partial charge on any atom is 0.335 e. The van der Waals surface area contributed by atoms with Gasteiger partial charge in [0.1, 0.15) is 0 Å². The van der Waals surface area contributed by atoms with E-state index in [9.17, 15) is 13.2 Å². The fourth-order valence-electron chi connectivity index (χ4n) is 2.42. The minimum absolute atomic E-state index is 0.0184. The number of rotatable bonds is 4. The minimum Gasteiger partial charge on any atom is -0.478 e. The standard InChI is InChI=1S/C13H17NO4S/c1-8-6-10(7-8)14-19(17,18)12-5-3-4-11(9(12)2)13(15)16/h3-5,8,10,14H,6-7H2,1-2H3,(H,15,16). The number of hydrogen-bond donors (Lipinski definition) is 2. The Bertz CT molecular complexity index is 603. The molecule has 6 heteroatoms. The normalized spacial score (nSPS) is 22.8. The smallest absolute Gasteiger partial charge is 0.335 e. The van der Waals surface area contributed by atoms with Gasteiger partial charge >= 0.3 is 5.97 Å². The van der Waals surface area contributed by atoms with E-state index in [0.717, 1.165) is 12.8 Å². The highest BCUT2D eigenvalue weighted by atomic mass is 32.2. The molecule has 0 bridgehead atoms. The molecule has 1 aromatic carbocycles. The molecular weight excluding hydrogens is 266 g/mol. The predicted molar refractivity (Wildman–Crippen MR) is 70.6 cm³/mol. The third-order valence-corrected chi connectivity index (χ3v) is 5.16. The van der Waals surface area contributed by atoms with Crippen molar-refractivity contribution in [3.8, 4) is 0 Å². The molecule has 1 fully saturated rings. The van der Waals surface area contributed by atoms with Crippen LogP contribution in [0, 0.1) is 12.8 Å². The van der Waals surface area contributed by atoms with Crippen molar-refractivity contribution in [1.29, 1.82) is 0 Å². The molecule has 0 atom stereocenters. The van der Waals surface area contributed by atoms with Gasteiger partial charge in [-0.05, 0) is 43.4 Å². The van der Waals surface area contributed by atoms with Gasteiger partial charge in [-0.1, -0.05) is 13.0 Å². The Kier molecular flexibility index (Phi) is 3.64. The molecule has 0 amide bonds. The van der Waals surface area contributed by atoms with Crippen LogP contribution in [0.25, 0.3) is 0 Å². The third kappa shape index (κ3) is 2.79. The number of benzene rings is 1. The predicted octanol–water partition coefficient (Wildman–Crippen LogP) is 1.77. The van der Waals surface area contributed by atoms with Crippen LogP contribution in [0.4, 0.5) is 0 Å². The molecule has 1 aliphatic carbocycles. The maximum absolute atomic E-state index is 12.2. The summed E-state index contributed by atoms with van der Waals surface area (Å²) in [6.07, 6.45) is 1.66. The van der Waals surface area contributed by atoms with Gasteiger partial charge in [-0.25, -0.2) is 17.9 Å². The van der Waals surface area contributed by atoms with Crippen LogP contribution >= 0.6 is 0 Å². The lowest BCUT2D eigenvalue weighted by Gasteiger charge is -2.33. The van der Waals surface area contributed by atoms with Crippen LogP contribution in [0.2, 0.25) is 0 Å². The fourth-order valence-corrected chi connectivity index (χ4v) is 3.95. The van der Waals surface area contributed by atoms with E-state index >= 15 is 0 Å². The molecule has 2 rings (SSSR count). The molecule has 104 valence electrons. The van der Waals surface area contributed by atoms with Crippen molar-refractivity contribution in [2.45, 2.75) is 37.6 Å².